The van der Waals surface area contributed by atoms with Crippen molar-refractivity contribution in [2.45, 2.75) is 22.7 Å². The zero-order valence-electron chi connectivity index (χ0n) is 24.1. The number of phenols is 2. The molecule has 47 heavy (non-hydrogen) atoms. The number of nitrogens with one attached hydrogen (secondary N) is 1. The SMILES string of the molecule is C[n+]1c(N)cc(N)nc1SCC1=C(C(=O)O)N2C(=O)[C@@H](NC(=O)/C(=N\O[C@H](C(=O)O)c3ccc(O)c(O)c3)c3csc(N)n3)[C@H]2SC1. The Kier molecular flexibility index (Phi) is 9.31. The molecule has 3 aromatic rings. The summed E-state index contributed by atoms with van der Waals surface area (Å²) in [6.07, 6.45) is -1.82. The van der Waals surface area contributed by atoms with Gasteiger partial charge in [0.05, 0.1) is 13.1 Å². The number of aromatic hydroxyl groups is 2. The van der Waals surface area contributed by atoms with Gasteiger partial charge in [0.15, 0.2) is 22.3 Å². The van der Waals surface area contributed by atoms with Gasteiger partial charge in [-0.1, -0.05) is 16.2 Å². The number of carboxylic acids is 2. The average molecular weight is 705 g/mol. The van der Waals surface area contributed by atoms with Crippen LogP contribution in [0.15, 0.2) is 51.2 Å². The van der Waals surface area contributed by atoms with Gasteiger partial charge in [-0.25, -0.2) is 19.1 Å². The van der Waals surface area contributed by atoms with Crippen LogP contribution in [0.2, 0.25) is 0 Å². The molecule has 2 aliphatic rings. The molecule has 21 heteroatoms. The molecule has 0 radical (unpaired) electrons. The number of carbonyl (C=O) groups excluding carboxylic acids is 2. The Morgan fingerprint density at radius 2 is 1.94 bits per heavy atom. The van der Waals surface area contributed by atoms with Gasteiger partial charge >= 0.3 is 17.1 Å². The maximum atomic E-state index is 13.5. The van der Waals surface area contributed by atoms with E-state index in [1.807, 2.05) is 0 Å². The Morgan fingerprint density at radius 3 is 2.57 bits per heavy atom. The number of nitrogens with two attached hydrogens (primary N) is 3. The first kappa shape index (κ1) is 33.1. The first-order valence-corrected chi connectivity index (χ1v) is 16.1. The lowest BCUT2D eigenvalue weighted by atomic mass is 10.0. The second kappa shape index (κ2) is 13.2. The Balaban J connectivity index is 1.36. The van der Waals surface area contributed by atoms with E-state index in [1.165, 1.54) is 41.0 Å². The predicted molar refractivity (Wildman–Crippen MR) is 169 cm³/mol. The number of thioether (sulfide) groups is 2. The Hall–Kier alpha value is -5.28. The van der Waals surface area contributed by atoms with Crippen LogP contribution in [0.5, 0.6) is 11.5 Å². The standard InChI is InChI=1S/C26H25N9O9S3/c1-34-15(28)5-14(27)31-26(34)47-7-10-6-45-22-17(21(39)35(22)18(10)23(40)41)32-20(38)16(11-8-46-25(29)30-11)33-44-19(24(42)43)9-2-3-12(36)13(37)4-9/h2-5,8,17,19,22H,6-7H2,1H3,(H10,27,28,29,30,32,33,36,37,38,40,41,42,43)/p+1/t17-,19+,22-/m1/s1. The van der Waals surface area contributed by atoms with Crippen LogP contribution in [0, 0.1) is 0 Å². The van der Waals surface area contributed by atoms with Crippen LogP contribution in [-0.4, -0.2) is 87.7 Å². The molecule has 5 rings (SSSR count). The molecule has 3 atom stereocenters. The second-order valence-electron chi connectivity index (χ2n) is 9.94. The number of aliphatic carboxylic acids is 2. The van der Waals surface area contributed by atoms with E-state index in [2.05, 4.69) is 20.4 Å². The van der Waals surface area contributed by atoms with Crippen molar-refractivity contribution in [1.82, 2.24) is 20.2 Å². The first-order valence-electron chi connectivity index (χ1n) is 13.2. The monoisotopic (exact) mass is 704 g/mol. The number of benzene rings is 1. The van der Waals surface area contributed by atoms with Crippen molar-refractivity contribution in [2.75, 3.05) is 28.7 Å². The lowest BCUT2D eigenvalue weighted by molar-refractivity contribution is -0.698. The number of carboxylic acid groups (broad SMARTS) is 2. The minimum atomic E-state index is -1.82. The molecule has 0 bridgehead atoms. The fourth-order valence-electron chi connectivity index (χ4n) is 4.52. The summed E-state index contributed by atoms with van der Waals surface area (Å²) in [5.41, 5.74) is 17.0. The maximum Gasteiger partial charge on any atom is 0.352 e. The maximum absolute atomic E-state index is 13.5. The number of phenolic OH excluding ortho intramolecular Hbond substituents is 2. The third-order valence-electron chi connectivity index (χ3n) is 6.86. The van der Waals surface area contributed by atoms with Crippen molar-refractivity contribution in [3.05, 3.63) is 52.2 Å². The van der Waals surface area contributed by atoms with Crippen molar-refractivity contribution in [2.24, 2.45) is 12.2 Å². The molecule has 2 aromatic heterocycles. The second-order valence-corrected chi connectivity index (χ2v) is 12.9. The number of anilines is 3. The Labute approximate surface area is 276 Å². The number of amides is 2. The largest absolute Gasteiger partial charge is 0.504 e. The fraction of sp³-hybridized carbons (Fsp3) is 0.231. The van der Waals surface area contributed by atoms with E-state index in [4.69, 9.17) is 22.0 Å². The van der Waals surface area contributed by atoms with Crippen LogP contribution >= 0.6 is 34.9 Å². The summed E-state index contributed by atoms with van der Waals surface area (Å²) in [5.74, 6) is -4.73. The Morgan fingerprint density at radius 1 is 1.19 bits per heavy atom. The minimum Gasteiger partial charge on any atom is -0.504 e. The van der Waals surface area contributed by atoms with Crippen LogP contribution in [0.1, 0.15) is 17.4 Å². The molecule has 11 N–H and O–H groups in total. The molecule has 2 amide bonds. The van der Waals surface area contributed by atoms with Gasteiger partial charge in [-0.3, -0.25) is 14.5 Å². The summed E-state index contributed by atoms with van der Waals surface area (Å²) in [6.45, 7) is 0. The van der Waals surface area contributed by atoms with E-state index < -0.39 is 58.5 Å². The van der Waals surface area contributed by atoms with E-state index in [9.17, 15) is 39.6 Å². The van der Waals surface area contributed by atoms with Crippen molar-refractivity contribution >= 4 is 81.1 Å². The van der Waals surface area contributed by atoms with Crippen LogP contribution in [-0.2, 0) is 31.1 Å². The number of hydrogen-bond acceptors (Lipinski definition) is 16. The van der Waals surface area contributed by atoms with Gasteiger partial charge in [0.2, 0.25) is 17.7 Å². The van der Waals surface area contributed by atoms with Gasteiger partial charge in [-0.2, -0.15) is 0 Å². The first-order chi connectivity index (χ1) is 22.3. The number of carbonyl (C=O) groups is 4. The van der Waals surface area contributed by atoms with E-state index in [-0.39, 0.29) is 39.4 Å². The topological polar surface area (TPSA) is 294 Å². The van der Waals surface area contributed by atoms with Crippen LogP contribution in [0.4, 0.5) is 16.8 Å². The smallest absolute Gasteiger partial charge is 0.352 e. The Bertz CT molecular complexity index is 1870. The molecule has 18 nitrogen and oxygen atoms in total. The zero-order valence-corrected chi connectivity index (χ0v) is 26.5. The molecule has 1 aromatic carbocycles. The van der Waals surface area contributed by atoms with Crippen molar-refractivity contribution in [1.29, 1.82) is 0 Å². The van der Waals surface area contributed by atoms with Gasteiger partial charge in [-0.15, -0.1) is 23.1 Å². The molecular formula is C26H26N9O9S3+. The van der Waals surface area contributed by atoms with Crippen LogP contribution in [0.3, 0.4) is 0 Å². The van der Waals surface area contributed by atoms with E-state index in [0.717, 1.165) is 28.4 Å². The number of β-lactam (4-membered cyclic amide) rings is 1. The fourth-order valence-corrected chi connectivity index (χ4v) is 7.55. The predicted octanol–water partition coefficient (Wildman–Crippen LogP) is -0.402. The van der Waals surface area contributed by atoms with Gasteiger partial charge < -0.3 is 47.8 Å². The van der Waals surface area contributed by atoms with Crippen molar-refractivity contribution < 1.29 is 49.0 Å². The summed E-state index contributed by atoms with van der Waals surface area (Å²) in [5, 5.41) is 46.4. The number of rotatable bonds is 11. The van der Waals surface area contributed by atoms with E-state index in [1.54, 1.807) is 11.6 Å². The highest BCUT2D eigenvalue weighted by atomic mass is 32.2. The molecule has 0 unspecified atom stereocenters. The molecular weight excluding hydrogens is 679 g/mol. The molecule has 2 aliphatic heterocycles. The quantitative estimate of drug-likeness (QED) is 0.0239. The van der Waals surface area contributed by atoms with Gasteiger partial charge in [0, 0.05) is 22.4 Å². The highest BCUT2D eigenvalue weighted by Crippen LogP contribution is 2.41. The molecule has 4 heterocycles. The van der Waals surface area contributed by atoms with Gasteiger partial charge in [-0.05, 0) is 29.5 Å². The van der Waals surface area contributed by atoms with Gasteiger partial charge in [0.1, 0.15) is 22.8 Å². The molecule has 0 aliphatic carbocycles. The summed E-state index contributed by atoms with van der Waals surface area (Å²) >= 11 is 3.38. The molecule has 1 fully saturated rings. The van der Waals surface area contributed by atoms with E-state index >= 15 is 0 Å². The zero-order chi connectivity index (χ0) is 34.2. The molecule has 0 spiro atoms. The number of nitrogen functional groups attached to an aromatic ring is 3. The summed E-state index contributed by atoms with van der Waals surface area (Å²) in [6, 6.07) is 3.49. The summed E-state index contributed by atoms with van der Waals surface area (Å²) < 4.78 is 1.59. The normalized spacial score (nSPS) is 18.3. The van der Waals surface area contributed by atoms with Crippen LogP contribution < -0.4 is 27.1 Å². The lowest BCUT2D eigenvalue weighted by Crippen LogP contribution is -2.71. The highest BCUT2D eigenvalue weighted by Gasteiger charge is 2.54. The van der Waals surface area contributed by atoms with Crippen molar-refractivity contribution in [3.8, 4) is 11.5 Å². The number of thiazole rings is 1. The van der Waals surface area contributed by atoms with Gasteiger partial charge in [0.25, 0.3) is 11.8 Å². The summed E-state index contributed by atoms with van der Waals surface area (Å²) in [4.78, 5) is 65.5. The van der Waals surface area contributed by atoms with Crippen molar-refractivity contribution in [3.63, 3.8) is 0 Å². The highest BCUT2D eigenvalue weighted by molar-refractivity contribution is 8.01. The average Bonchev–Trinajstić information content (AvgIpc) is 3.45. The number of oxime groups is 1. The number of hydrogen-bond donors (Lipinski definition) is 8. The molecule has 1 saturated heterocycles. The number of aromatic nitrogens is 3. The third-order valence-corrected chi connectivity index (χ3v) is 9.99. The van der Waals surface area contributed by atoms with E-state index in [0.29, 0.717) is 16.5 Å². The molecule has 246 valence electrons. The third kappa shape index (κ3) is 6.66. The minimum absolute atomic E-state index is 0.0544. The summed E-state index contributed by atoms with van der Waals surface area (Å²) in [7, 11) is 1.68. The number of fused-ring (bicyclic) bond motifs is 1. The number of nitrogens with zero attached hydrogens (tertiary/aromatic N) is 5. The van der Waals surface area contributed by atoms with Crippen LogP contribution in [0.25, 0.3) is 0 Å². The molecule has 0 saturated carbocycles. The lowest BCUT2D eigenvalue weighted by Gasteiger charge is -2.49.